The molecule has 0 bridgehead atoms. The SMILES string of the molecule is CC(c1cncs1)C1CCNCC1. The number of nitrogens with zero attached hydrogens (tertiary/aromatic N) is 1. The Morgan fingerprint density at radius 1 is 1.54 bits per heavy atom. The molecule has 72 valence electrons. The van der Waals surface area contributed by atoms with Gasteiger partial charge in [-0.3, -0.25) is 4.98 Å². The predicted molar refractivity (Wildman–Crippen MR) is 56.1 cm³/mol. The van der Waals surface area contributed by atoms with Crippen LogP contribution in [0.5, 0.6) is 0 Å². The average Bonchev–Trinajstić information content (AvgIpc) is 2.71. The zero-order chi connectivity index (χ0) is 9.10. The molecule has 1 unspecified atom stereocenters. The molecule has 0 saturated carbocycles. The van der Waals surface area contributed by atoms with E-state index in [0.29, 0.717) is 5.92 Å². The van der Waals surface area contributed by atoms with Gasteiger partial charge in [-0.2, -0.15) is 0 Å². The Hall–Kier alpha value is -0.410. The van der Waals surface area contributed by atoms with Crippen molar-refractivity contribution >= 4 is 11.3 Å². The minimum atomic E-state index is 0.703. The van der Waals surface area contributed by atoms with Crippen LogP contribution in [-0.2, 0) is 0 Å². The van der Waals surface area contributed by atoms with Gasteiger partial charge in [0, 0.05) is 11.1 Å². The first-order valence-electron chi connectivity index (χ1n) is 4.97. The van der Waals surface area contributed by atoms with Crippen molar-refractivity contribution in [1.29, 1.82) is 0 Å². The van der Waals surface area contributed by atoms with E-state index in [1.54, 1.807) is 11.3 Å². The second kappa shape index (κ2) is 4.20. The topological polar surface area (TPSA) is 24.9 Å². The van der Waals surface area contributed by atoms with E-state index in [-0.39, 0.29) is 0 Å². The number of nitrogens with one attached hydrogen (secondary N) is 1. The van der Waals surface area contributed by atoms with E-state index in [1.807, 2.05) is 11.7 Å². The Morgan fingerprint density at radius 3 is 2.92 bits per heavy atom. The molecule has 2 heterocycles. The summed E-state index contributed by atoms with van der Waals surface area (Å²) in [5.74, 6) is 1.57. The van der Waals surface area contributed by atoms with Gasteiger partial charge in [0.05, 0.1) is 5.51 Å². The fourth-order valence-electron chi connectivity index (χ4n) is 2.03. The van der Waals surface area contributed by atoms with Crippen LogP contribution in [0.1, 0.15) is 30.6 Å². The van der Waals surface area contributed by atoms with Gasteiger partial charge in [0.2, 0.25) is 0 Å². The number of piperidine rings is 1. The molecule has 2 rings (SSSR count). The van der Waals surface area contributed by atoms with E-state index in [4.69, 9.17) is 0 Å². The molecule has 1 N–H and O–H groups in total. The number of thiazole rings is 1. The third-order valence-corrected chi connectivity index (χ3v) is 3.97. The Labute approximate surface area is 83.4 Å². The summed E-state index contributed by atoms with van der Waals surface area (Å²) in [7, 11) is 0. The minimum absolute atomic E-state index is 0.703. The molecule has 0 amide bonds. The molecule has 13 heavy (non-hydrogen) atoms. The Morgan fingerprint density at radius 2 is 2.31 bits per heavy atom. The van der Waals surface area contributed by atoms with Crippen LogP contribution in [0.25, 0.3) is 0 Å². The molecule has 0 radical (unpaired) electrons. The second-order valence-electron chi connectivity index (χ2n) is 3.78. The Balaban J connectivity index is 1.99. The van der Waals surface area contributed by atoms with Crippen molar-refractivity contribution in [2.45, 2.75) is 25.7 Å². The monoisotopic (exact) mass is 196 g/mol. The first kappa shape index (κ1) is 9.16. The van der Waals surface area contributed by atoms with E-state index in [9.17, 15) is 0 Å². The van der Waals surface area contributed by atoms with Crippen molar-refractivity contribution in [3.63, 3.8) is 0 Å². The van der Waals surface area contributed by atoms with E-state index in [0.717, 1.165) is 5.92 Å². The molecular weight excluding hydrogens is 180 g/mol. The van der Waals surface area contributed by atoms with Crippen LogP contribution in [0.4, 0.5) is 0 Å². The maximum absolute atomic E-state index is 4.14. The van der Waals surface area contributed by atoms with Gasteiger partial charge >= 0.3 is 0 Å². The number of rotatable bonds is 2. The summed E-state index contributed by atoms with van der Waals surface area (Å²) in [6.45, 7) is 4.71. The molecule has 1 aromatic heterocycles. The molecule has 3 heteroatoms. The normalized spacial score (nSPS) is 21.6. The van der Waals surface area contributed by atoms with Crippen molar-refractivity contribution in [1.82, 2.24) is 10.3 Å². The van der Waals surface area contributed by atoms with E-state index in [2.05, 4.69) is 17.2 Å². The van der Waals surface area contributed by atoms with Gasteiger partial charge < -0.3 is 5.32 Å². The lowest BCUT2D eigenvalue weighted by molar-refractivity contribution is 0.332. The lowest BCUT2D eigenvalue weighted by atomic mass is 9.85. The molecular formula is C10H16N2S. The van der Waals surface area contributed by atoms with Crippen molar-refractivity contribution in [2.75, 3.05) is 13.1 Å². The Bertz CT molecular complexity index is 239. The fraction of sp³-hybridized carbons (Fsp3) is 0.700. The molecule has 1 saturated heterocycles. The van der Waals surface area contributed by atoms with Gasteiger partial charge in [-0.05, 0) is 37.8 Å². The lowest BCUT2D eigenvalue weighted by Gasteiger charge is -2.27. The summed E-state index contributed by atoms with van der Waals surface area (Å²) < 4.78 is 0. The maximum Gasteiger partial charge on any atom is 0.0794 e. The van der Waals surface area contributed by atoms with Gasteiger partial charge in [0.1, 0.15) is 0 Å². The molecule has 1 aliphatic heterocycles. The summed E-state index contributed by atoms with van der Waals surface area (Å²) >= 11 is 1.79. The second-order valence-corrected chi connectivity index (χ2v) is 4.70. The first-order valence-corrected chi connectivity index (χ1v) is 5.85. The molecule has 0 spiro atoms. The molecule has 1 atom stereocenters. The molecule has 1 aliphatic rings. The molecule has 1 fully saturated rings. The van der Waals surface area contributed by atoms with Crippen molar-refractivity contribution in [2.24, 2.45) is 5.92 Å². The van der Waals surface area contributed by atoms with Crippen LogP contribution in [0.15, 0.2) is 11.7 Å². The highest BCUT2D eigenvalue weighted by Crippen LogP contribution is 2.32. The summed E-state index contributed by atoms with van der Waals surface area (Å²) in [4.78, 5) is 5.59. The largest absolute Gasteiger partial charge is 0.317 e. The highest BCUT2D eigenvalue weighted by molar-refractivity contribution is 7.09. The molecule has 2 nitrogen and oxygen atoms in total. The highest BCUT2D eigenvalue weighted by atomic mass is 32.1. The van der Waals surface area contributed by atoms with Crippen LogP contribution >= 0.6 is 11.3 Å². The van der Waals surface area contributed by atoms with Gasteiger partial charge in [-0.1, -0.05) is 6.92 Å². The summed E-state index contributed by atoms with van der Waals surface area (Å²) in [5, 5.41) is 3.40. The molecule has 0 aromatic carbocycles. The van der Waals surface area contributed by atoms with Crippen molar-refractivity contribution < 1.29 is 0 Å². The van der Waals surface area contributed by atoms with Crippen LogP contribution in [0.2, 0.25) is 0 Å². The van der Waals surface area contributed by atoms with Gasteiger partial charge in [-0.15, -0.1) is 11.3 Å². The third kappa shape index (κ3) is 2.09. The van der Waals surface area contributed by atoms with E-state index < -0.39 is 0 Å². The first-order chi connectivity index (χ1) is 6.38. The lowest BCUT2D eigenvalue weighted by Crippen LogP contribution is -2.29. The minimum Gasteiger partial charge on any atom is -0.317 e. The Kier molecular flexibility index (Phi) is 2.96. The standard InChI is InChI=1S/C10H16N2S/c1-8(10-6-12-7-13-10)9-2-4-11-5-3-9/h6-9,11H,2-5H2,1H3. The zero-order valence-electron chi connectivity index (χ0n) is 7.99. The number of hydrogen-bond acceptors (Lipinski definition) is 3. The smallest absolute Gasteiger partial charge is 0.0794 e. The van der Waals surface area contributed by atoms with E-state index >= 15 is 0 Å². The third-order valence-electron chi connectivity index (χ3n) is 2.99. The number of aromatic nitrogens is 1. The molecule has 0 aliphatic carbocycles. The zero-order valence-corrected chi connectivity index (χ0v) is 8.81. The highest BCUT2D eigenvalue weighted by Gasteiger charge is 2.21. The fourth-order valence-corrected chi connectivity index (χ4v) is 2.80. The van der Waals surface area contributed by atoms with Crippen LogP contribution < -0.4 is 5.32 Å². The van der Waals surface area contributed by atoms with Crippen LogP contribution in [0, 0.1) is 5.92 Å². The number of hydrogen-bond donors (Lipinski definition) is 1. The predicted octanol–water partition coefficient (Wildman–Crippen LogP) is 2.25. The van der Waals surface area contributed by atoms with Crippen molar-refractivity contribution in [3.8, 4) is 0 Å². The summed E-state index contributed by atoms with van der Waals surface area (Å²) in [5.41, 5.74) is 1.94. The van der Waals surface area contributed by atoms with Gasteiger partial charge in [0.15, 0.2) is 0 Å². The van der Waals surface area contributed by atoms with Gasteiger partial charge in [0.25, 0.3) is 0 Å². The van der Waals surface area contributed by atoms with Crippen molar-refractivity contribution in [3.05, 3.63) is 16.6 Å². The average molecular weight is 196 g/mol. The van der Waals surface area contributed by atoms with Crippen LogP contribution in [-0.4, -0.2) is 18.1 Å². The quantitative estimate of drug-likeness (QED) is 0.784. The van der Waals surface area contributed by atoms with E-state index in [1.165, 1.54) is 30.8 Å². The van der Waals surface area contributed by atoms with Gasteiger partial charge in [-0.25, -0.2) is 0 Å². The van der Waals surface area contributed by atoms with Crippen LogP contribution in [0.3, 0.4) is 0 Å². The molecule has 1 aromatic rings. The summed E-state index contributed by atoms with van der Waals surface area (Å²) in [6.07, 6.45) is 4.66. The summed E-state index contributed by atoms with van der Waals surface area (Å²) in [6, 6.07) is 0. The maximum atomic E-state index is 4.14.